The molecule has 2 amide bonds. The van der Waals surface area contributed by atoms with Crippen molar-refractivity contribution in [2.75, 3.05) is 11.9 Å². The molecular weight excluding hydrogens is 366 g/mol. The summed E-state index contributed by atoms with van der Waals surface area (Å²) in [5, 5.41) is 22.1. The third-order valence-electron chi connectivity index (χ3n) is 6.82. The van der Waals surface area contributed by atoms with Crippen molar-refractivity contribution in [1.29, 1.82) is 0 Å². The topological polar surface area (TPSA) is 83.3 Å². The van der Waals surface area contributed by atoms with Crippen LogP contribution in [-0.2, 0) is 13.0 Å². The van der Waals surface area contributed by atoms with Crippen molar-refractivity contribution < 1.29 is 9.90 Å². The maximum Gasteiger partial charge on any atom is 0.322 e. The lowest BCUT2D eigenvalue weighted by molar-refractivity contribution is 0.0561. The Morgan fingerprint density at radius 3 is 2.86 bits per heavy atom. The molecule has 3 heterocycles. The van der Waals surface area contributed by atoms with E-state index in [-0.39, 0.29) is 24.1 Å². The van der Waals surface area contributed by atoms with Gasteiger partial charge in [0.1, 0.15) is 5.82 Å². The quantitative estimate of drug-likeness (QED) is 0.834. The van der Waals surface area contributed by atoms with Crippen LogP contribution in [0.5, 0.6) is 0 Å². The minimum atomic E-state index is -0.272. The van der Waals surface area contributed by atoms with Crippen molar-refractivity contribution in [3.05, 3.63) is 30.1 Å². The number of hydrogen-bond acceptors (Lipinski definition) is 4. The minimum absolute atomic E-state index is 0.0579. The highest BCUT2D eigenvalue weighted by molar-refractivity contribution is 5.90. The summed E-state index contributed by atoms with van der Waals surface area (Å²) in [6.45, 7) is 1.71. The van der Waals surface area contributed by atoms with Gasteiger partial charge in [-0.2, -0.15) is 0 Å². The van der Waals surface area contributed by atoms with Gasteiger partial charge in [0.15, 0.2) is 5.82 Å². The van der Waals surface area contributed by atoms with Crippen molar-refractivity contribution in [3.63, 3.8) is 0 Å². The summed E-state index contributed by atoms with van der Waals surface area (Å²) >= 11 is 0. The zero-order valence-electron chi connectivity index (χ0n) is 16.8. The molecular formula is C22H29N5O2. The Kier molecular flexibility index (Phi) is 4.99. The number of aliphatic hydroxyl groups is 1. The van der Waals surface area contributed by atoms with Crippen LogP contribution in [0.25, 0.3) is 11.4 Å². The summed E-state index contributed by atoms with van der Waals surface area (Å²) in [7, 11) is 0. The van der Waals surface area contributed by atoms with E-state index in [0.29, 0.717) is 0 Å². The number of aliphatic hydroxyl groups excluding tert-OH is 1. The van der Waals surface area contributed by atoms with Gasteiger partial charge in [0.05, 0.1) is 6.10 Å². The van der Waals surface area contributed by atoms with Crippen molar-refractivity contribution in [2.24, 2.45) is 5.92 Å². The number of anilines is 1. The van der Waals surface area contributed by atoms with E-state index < -0.39 is 0 Å². The van der Waals surface area contributed by atoms with E-state index in [4.69, 9.17) is 0 Å². The van der Waals surface area contributed by atoms with Crippen LogP contribution >= 0.6 is 0 Å². The van der Waals surface area contributed by atoms with Gasteiger partial charge in [-0.3, -0.25) is 0 Å². The standard InChI is InChI=1S/C22H29N5O2/c28-19-10-4-8-17(19)18-9-1-2-12-26(18)22(29)23-16-7-3-6-15(14-16)21-25-24-20-11-5-13-27(20)21/h3,6-7,14,17-19,28H,1-2,4-5,8-13H2,(H,23,29). The van der Waals surface area contributed by atoms with E-state index in [1.807, 2.05) is 29.2 Å². The molecule has 3 unspecified atom stereocenters. The third-order valence-corrected chi connectivity index (χ3v) is 6.82. The molecule has 0 bridgehead atoms. The molecule has 2 N–H and O–H groups in total. The van der Waals surface area contributed by atoms with E-state index in [1.165, 1.54) is 0 Å². The number of benzene rings is 1. The number of aryl methyl sites for hydroxylation is 1. The third kappa shape index (κ3) is 3.52. The van der Waals surface area contributed by atoms with Gasteiger partial charge in [-0.25, -0.2) is 4.79 Å². The number of hydrogen-bond donors (Lipinski definition) is 2. The number of aromatic nitrogens is 3. The molecule has 3 atom stereocenters. The molecule has 1 aliphatic carbocycles. The molecule has 7 heteroatoms. The number of fused-ring (bicyclic) bond motifs is 1. The summed E-state index contributed by atoms with van der Waals surface area (Å²) in [4.78, 5) is 15.1. The van der Waals surface area contributed by atoms with Gasteiger partial charge >= 0.3 is 6.03 Å². The first-order valence-corrected chi connectivity index (χ1v) is 11.0. The van der Waals surface area contributed by atoms with Crippen molar-refractivity contribution in [3.8, 4) is 11.4 Å². The zero-order chi connectivity index (χ0) is 19.8. The highest BCUT2D eigenvalue weighted by atomic mass is 16.3. The van der Waals surface area contributed by atoms with Crippen LogP contribution in [0.1, 0.15) is 50.8 Å². The Labute approximate surface area is 171 Å². The zero-order valence-corrected chi connectivity index (χ0v) is 16.8. The molecule has 3 aliphatic rings. The summed E-state index contributed by atoms with van der Waals surface area (Å²) in [6.07, 6.45) is 7.90. The Bertz CT molecular complexity index is 895. The Morgan fingerprint density at radius 2 is 2.00 bits per heavy atom. The van der Waals surface area contributed by atoms with Crippen molar-refractivity contribution in [1.82, 2.24) is 19.7 Å². The van der Waals surface area contributed by atoms with Crippen LogP contribution in [0.2, 0.25) is 0 Å². The SMILES string of the molecule is O=C(Nc1cccc(-c2nnc3n2CCC3)c1)N1CCCCC1C1CCCC1O. The fourth-order valence-electron chi connectivity index (χ4n) is 5.37. The number of amides is 2. The number of nitrogens with one attached hydrogen (secondary N) is 1. The molecule has 2 aromatic rings. The second-order valence-electron chi connectivity index (χ2n) is 8.62. The molecule has 2 fully saturated rings. The number of rotatable bonds is 3. The van der Waals surface area contributed by atoms with Gasteiger partial charge in [-0.15, -0.1) is 10.2 Å². The molecule has 1 saturated carbocycles. The van der Waals surface area contributed by atoms with Gasteiger partial charge in [-0.1, -0.05) is 18.6 Å². The Hall–Kier alpha value is -2.41. The lowest BCUT2D eigenvalue weighted by Crippen LogP contribution is -2.50. The molecule has 0 spiro atoms. The maximum atomic E-state index is 13.1. The predicted octanol–water partition coefficient (Wildman–Crippen LogP) is 3.44. The normalized spacial score (nSPS) is 26.5. The number of carbonyl (C=O) groups is 1. The van der Waals surface area contributed by atoms with Crippen LogP contribution in [-0.4, -0.2) is 49.5 Å². The highest BCUT2D eigenvalue weighted by Crippen LogP contribution is 2.35. The minimum Gasteiger partial charge on any atom is -0.393 e. The predicted molar refractivity (Wildman–Crippen MR) is 110 cm³/mol. The van der Waals surface area contributed by atoms with Crippen LogP contribution in [0.3, 0.4) is 0 Å². The van der Waals surface area contributed by atoms with Gasteiger partial charge in [0, 0.05) is 42.7 Å². The molecule has 5 rings (SSSR count). The Morgan fingerprint density at radius 1 is 1.07 bits per heavy atom. The van der Waals surface area contributed by atoms with Gasteiger partial charge in [0.25, 0.3) is 0 Å². The summed E-state index contributed by atoms with van der Waals surface area (Å²) in [5.74, 6) is 2.13. The monoisotopic (exact) mass is 395 g/mol. The number of likely N-dealkylation sites (tertiary alicyclic amines) is 1. The summed E-state index contributed by atoms with van der Waals surface area (Å²) in [5.41, 5.74) is 1.75. The fourth-order valence-corrected chi connectivity index (χ4v) is 5.37. The first-order chi connectivity index (χ1) is 14.2. The summed E-state index contributed by atoms with van der Waals surface area (Å²) in [6, 6.07) is 7.96. The van der Waals surface area contributed by atoms with Crippen molar-refractivity contribution in [2.45, 2.75) is 70.1 Å². The summed E-state index contributed by atoms with van der Waals surface area (Å²) < 4.78 is 2.17. The van der Waals surface area contributed by atoms with Crippen LogP contribution in [0.15, 0.2) is 24.3 Å². The molecule has 154 valence electrons. The number of urea groups is 1. The molecule has 1 aromatic carbocycles. The Balaban J connectivity index is 1.33. The second-order valence-corrected chi connectivity index (χ2v) is 8.62. The van der Waals surface area contributed by atoms with Crippen molar-refractivity contribution >= 4 is 11.7 Å². The second kappa shape index (κ2) is 7.78. The first kappa shape index (κ1) is 18.6. The van der Waals surface area contributed by atoms with E-state index in [0.717, 1.165) is 87.4 Å². The molecule has 7 nitrogen and oxygen atoms in total. The van der Waals surface area contributed by atoms with E-state index in [2.05, 4.69) is 20.1 Å². The van der Waals surface area contributed by atoms with Crippen LogP contribution in [0.4, 0.5) is 10.5 Å². The number of nitrogens with zero attached hydrogens (tertiary/aromatic N) is 4. The number of carbonyl (C=O) groups excluding carboxylic acids is 1. The van der Waals surface area contributed by atoms with E-state index >= 15 is 0 Å². The average Bonchev–Trinajstić information content (AvgIpc) is 3.45. The van der Waals surface area contributed by atoms with Gasteiger partial charge in [0.2, 0.25) is 0 Å². The largest absolute Gasteiger partial charge is 0.393 e. The van der Waals surface area contributed by atoms with Crippen LogP contribution in [0, 0.1) is 5.92 Å². The van der Waals surface area contributed by atoms with Crippen LogP contribution < -0.4 is 5.32 Å². The average molecular weight is 396 g/mol. The molecule has 0 radical (unpaired) electrons. The highest BCUT2D eigenvalue weighted by Gasteiger charge is 2.38. The molecule has 2 aliphatic heterocycles. The maximum absolute atomic E-state index is 13.1. The van der Waals surface area contributed by atoms with Gasteiger partial charge < -0.3 is 19.9 Å². The van der Waals surface area contributed by atoms with E-state index in [1.54, 1.807) is 0 Å². The molecule has 1 saturated heterocycles. The molecule has 29 heavy (non-hydrogen) atoms. The smallest absolute Gasteiger partial charge is 0.322 e. The van der Waals surface area contributed by atoms with Gasteiger partial charge in [-0.05, 0) is 50.7 Å². The first-order valence-electron chi connectivity index (χ1n) is 11.0. The lowest BCUT2D eigenvalue weighted by Gasteiger charge is -2.40. The lowest BCUT2D eigenvalue weighted by atomic mass is 9.88. The van der Waals surface area contributed by atoms with E-state index in [9.17, 15) is 9.90 Å². The fraction of sp³-hybridized carbons (Fsp3) is 0.591. The number of piperidine rings is 1. The molecule has 1 aromatic heterocycles.